The molecule has 3 aliphatic rings. The summed E-state index contributed by atoms with van der Waals surface area (Å²) in [6, 6.07) is 8.14. The van der Waals surface area contributed by atoms with Crippen molar-refractivity contribution in [3.05, 3.63) is 53.1 Å². The Morgan fingerprint density at radius 1 is 0.955 bits per heavy atom. The lowest BCUT2D eigenvalue weighted by Gasteiger charge is -2.54. The molecule has 1 aromatic carbocycles. The first-order valence-corrected chi connectivity index (χ1v) is 18.0. The molecule has 0 spiro atoms. The second kappa shape index (κ2) is 13.5. The van der Waals surface area contributed by atoms with Crippen molar-refractivity contribution < 1.29 is 13.2 Å². The van der Waals surface area contributed by atoms with Gasteiger partial charge in [-0.2, -0.15) is 4.31 Å². The van der Waals surface area contributed by atoms with E-state index in [4.69, 9.17) is 0 Å². The lowest BCUT2D eigenvalue weighted by atomic mass is 9.83. The van der Waals surface area contributed by atoms with E-state index in [-0.39, 0.29) is 11.4 Å². The Morgan fingerprint density at radius 2 is 1.57 bits per heavy atom. The number of amides is 1. The Bertz CT molecular complexity index is 1380. The molecule has 242 valence electrons. The standard InChI is InChI=1S/C34H52N6O3S/c1-7-8-31(29-13-17-39(18-14-29)44(42,43)30-11-9-25(2)10-12-30)40-22-21-38(23-26(40)3)34(6)15-19-37(20-16-34)33(41)32-27(4)35-24-36-28(32)5/h9-12,24,26,29,31H,7-8,13-23H2,1-6H3/t26-,31-/m0/s1. The highest BCUT2D eigenvalue weighted by molar-refractivity contribution is 7.89. The van der Waals surface area contributed by atoms with Gasteiger partial charge in [0.2, 0.25) is 10.0 Å². The Kier molecular flexibility index (Phi) is 10.1. The van der Waals surface area contributed by atoms with Crippen LogP contribution in [0.2, 0.25) is 0 Å². The van der Waals surface area contributed by atoms with Gasteiger partial charge in [0, 0.05) is 63.4 Å². The van der Waals surface area contributed by atoms with Gasteiger partial charge in [0.1, 0.15) is 6.33 Å². The molecule has 2 aromatic rings. The van der Waals surface area contributed by atoms with E-state index in [0.717, 1.165) is 88.2 Å². The molecule has 4 heterocycles. The highest BCUT2D eigenvalue weighted by atomic mass is 32.2. The van der Waals surface area contributed by atoms with Gasteiger partial charge in [-0.15, -0.1) is 0 Å². The number of piperidine rings is 2. The minimum Gasteiger partial charge on any atom is -0.338 e. The largest absolute Gasteiger partial charge is 0.338 e. The zero-order valence-corrected chi connectivity index (χ0v) is 28.4. The third kappa shape index (κ3) is 6.73. The van der Waals surface area contributed by atoms with E-state index in [1.165, 1.54) is 6.33 Å². The molecular formula is C34H52N6O3S. The number of rotatable bonds is 8. The fraction of sp³-hybridized carbons (Fsp3) is 0.676. The van der Waals surface area contributed by atoms with Gasteiger partial charge < -0.3 is 4.90 Å². The molecule has 5 rings (SSSR count). The van der Waals surface area contributed by atoms with Gasteiger partial charge in [-0.3, -0.25) is 14.6 Å². The van der Waals surface area contributed by atoms with E-state index in [2.05, 4.69) is 40.5 Å². The molecule has 1 aromatic heterocycles. The van der Waals surface area contributed by atoms with Gasteiger partial charge in [-0.25, -0.2) is 18.4 Å². The van der Waals surface area contributed by atoms with Crippen molar-refractivity contribution in [3.8, 4) is 0 Å². The number of aryl methyl sites for hydroxylation is 3. The van der Waals surface area contributed by atoms with Gasteiger partial charge >= 0.3 is 0 Å². The highest BCUT2D eigenvalue weighted by Gasteiger charge is 2.43. The van der Waals surface area contributed by atoms with E-state index in [1.807, 2.05) is 37.8 Å². The van der Waals surface area contributed by atoms with E-state index in [0.29, 0.717) is 41.6 Å². The summed E-state index contributed by atoms with van der Waals surface area (Å²) in [5.74, 6) is 0.563. The number of piperazine rings is 1. The van der Waals surface area contributed by atoms with Gasteiger partial charge in [0.15, 0.2) is 0 Å². The van der Waals surface area contributed by atoms with Gasteiger partial charge in [0.25, 0.3) is 5.91 Å². The van der Waals surface area contributed by atoms with E-state index in [9.17, 15) is 13.2 Å². The molecule has 1 amide bonds. The van der Waals surface area contributed by atoms with Crippen LogP contribution in [0.3, 0.4) is 0 Å². The van der Waals surface area contributed by atoms with Crippen LogP contribution in [0.1, 0.15) is 86.6 Å². The predicted octanol–water partition coefficient (Wildman–Crippen LogP) is 4.67. The molecule has 44 heavy (non-hydrogen) atoms. The van der Waals surface area contributed by atoms with Crippen LogP contribution in [-0.4, -0.2) is 107 Å². The number of aromatic nitrogens is 2. The average molecular weight is 625 g/mol. The molecule has 0 radical (unpaired) electrons. The molecule has 3 saturated heterocycles. The van der Waals surface area contributed by atoms with Crippen LogP contribution in [0.4, 0.5) is 0 Å². The van der Waals surface area contributed by atoms with Crippen molar-refractivity contribution in [2.75, 3.05) is 45.8 Å². The highest BCUT2D eigenvalue weighted by Crippen LogP contribution is 2.35. The zero-order chi connectivity index (χ0) is 31.6. The number of nitrogens with zero attached hydrogens (tertiary/aromatic N) is 6. The topological polar surface area (TPSA) is 90.0 Å². The fourth-order valence-corrected chi connectivity index (χ4v) is 9.32. The summed E-state index contributed by atoms with van der Waals surface area (Å²) in [5, 5.41) is 0. The second-order valence-electron chi connectivity index (χ2n) is 13.7. The first-order chi connectivity index (χ1) is 20.9. The number of hydrogen-bond donors (Lipinski definition) is 0. The molecule has 9 nitrogen and oxygen atoms in total. The van der Waals surface area contributed by atoms with Crippen molar-refractivity contribution in [1.29, 1.82) is 0 Å². The Balaban J connectivity index is 1.17. The molecule has 0 N–H and O–H groups in total. The number of carbonyl (C=O) groups excluding carboxylic acids is 1. The molecule has 0 bridgehead atoms. The fourth-order valence-electron chi connectivity index (χ4n) is 7.85. The van der Waals surface area contributed by atoms with Crippen molar-refractivity contribution in [2.24, 2.45) is 5.92 Å². The van der Waals surface area contributed by atoms with Gasteiger partial charge in [-0.05, 0) is 84.8 Å². The monoisotopic (exact) mass is 624 g/mol. The van der Waals surface area contributed by atoms with E-state index in [1.54, 1.807) is 16.4 Å². The van der Waals surface area contributed by atoms with Crippen LogP contribution in [0.25, 0.3) is 0 Å². The molecule has 0 aliphatic carbocycles. The first-order valence-electron chi connectivity index (χ1n) is 16.6. The Labute approximate surface area is 265 Å². The van der Waals surface area contributed by atoms with Crippen LogP contribution in [0.5, 0.6) is 0 Å². The summed E-state index contributed by atoms with van der Waals surface area (Å²) in [7, 11) is -3.45. The maximum absolute atomic E-state index is 13.4. The maximum Gasteiger partial charge on any atom is 0.257 e. The molecular weight excluding hydrogens is 572 g/mol. The number of hydrogen-bond acceptors (Lipinski definition) is 7. The van der Waals surface area contributed by atoms with Gasteiger partial charge in [-0.1, -0.05) is 31.0 Å². The Hall–Kier alpha value is -2.40. The third-order valence-electron chi connectivity index (χ3n) is 10.7. The average Bonchev–Trinajstić information content (AvgIpc) is 3.00. The Morgan fingerprint density at radius 3 is 2.14 bits per heavy atom. The normalized spacial score (nSPS) is 23.5. The van der Waals surface area contributed by atoms with Crippen molar-refractivity contribution >= 4 is 15.9 Å². The number of likely N-dealkylation sites (tertiary alicyclic amines) is 1. The molecule has 0 unspecified atom stereocenters. The number of carbonyl (C=O) groups is 1. The smallest absolute Gasteiger partial charge is 0.257 e. The summed E-state index contributed by atoms with van der Waals surface area (Å²) in [4.78, 5) is 29.7. The predicted molar refractivity (Wildman–Crippen MR) is 174 cm³/mol. The lowest BCUT2D eigenvalue weighted by molar-refractivity contribution is -0.0429. The van der Waals surface area contributed by atoms with E-state index < -0.39 is 10.0 Å². The maximum atomic E-state index is 13.4. The SMILES string of the molecule is CCC[C@@H](C1CCN(S(=O)(=O)c2ccc(C)cc2)CC1)N1CCN(C2(C)CCN(C(=O)c3c(C)ncnc3C)CC2)C[C@@H]1C. The molecule has 10 heteroatoms. The third-order valence-corrected chi connectivity index (χ3v) is 12.6. The van der Waals surface area contributed by atoms with Gasteiger partial charge in [0.05, 0.1) is 21.8 Å². The zero-order valence-electron chi connectivity index (χ0n) is 27.6. The summed E-state index contributed by atoms with van der Waals surface area (Å²) >= 11 is 0. The minimum atomic E-state index is -3.45. The number of sulfonamides is 1. The summed E-state index contributed by atoms with van der Waals surface area (Å²) in [6.45, 7) is 18.6. The molecule has 3 aliphatic heterocycles. The van der Waals surface area contributed by atoms with Crippen molar-refractivity contribution in [1.82, 2.24) is 29.0 Å². The lowest BCUT2D eigenvalue weighted by Crippen LogP contribution is -2.64. The van der Waals surface area contributed by atoms with Crippen LogP contribution in [-0.2, 0) is 10.0 Å². The summed E-state index contributed by atoms with van der Waals surface area (Å²) in [6.07, 6.45) is 7.56. The summed E-state index contributed by atoms with van der Waals surface area (Å²) < 4.78 is 28.3. The number of benzene rings is 1. The molecule has 3 fully saturated rings. The molecule has 2 atom stereocenters. The van der Waals surface area contributed by atoms with Crippen LogP contribution < -0.4 is 0 Å². The van der Waals surface area contributed by atoms with Crippen LogP contribution in [0, 0.1) is 26.7 Å². The minimum absolute atomic E-state index is 0.0564. The van der Waals surface area contributed by atoms with Crippen LogP contribution >= 0.6 is 0 Å². The molecule has 0 saturated carbocycles. The summed E-state index contributed by atoms with van der Waals surface area (Å²) in [5.41, 5.74) is 3.29. The van der Waals surface area contributed by atoms with E-state index >= 15 is 0 Å². The van der Waals surface area contributed by atoms with Crippen molar-refractivity contribution in [2.45, 2.75) is 103 Å². The van der Waals surface area contributed by atoms with Crippen LogP contribution in [0.15, 0.2) is 35.5 Å². The first kappa shape index (κ1) is 33.0. The van der Waals surface area contributed by atoms with Crippen molar-refractivity contribution in [3.63, 3.8) is 0 Å². The second-order valence-corrected chi connectivity index (χ2v) is 15.6. The quantitative estimate of drug-likeness (QED) is 0.422.